The quantitative estimate of drug-likeness (QED) is 0.755. The number of nitrogens with zero attached hydrogens (tertiary/aromatic N) is 1. The zero-order valence-electron chi connectivity index (χ0n) is 9.61. The van der Waals surface area contributed by atoms with Crippen LogP contribution in [0.1, 0.15) is 36.8 Å². The summed E-state index contributed by atoms with van der Waals surface area (Å²) < 4.78 is 0. The first-order chi connectivity index (χ1) is 7.69. The van der Waals surface area contributed by atoms with Crippen molar-refractivity contribution in [2.24, 2.45) is 10.4 Å². The zero-order valence-corrected chi connectivity index (χ0v) is 9.61. The maximum Gasteiger partial charge on any atom is 0.127 e. The van der Waals surface area contributed by atoms with Crippen LogP contribution in [0.25, 0.3) is 0 Å². The van der Waals surface area contributed by atoms with Gasteiger partial charge < -0.3 is 5.11 Å². The van der Waals surface area contributed by atoms with Gasteiger partial charge >= 0.3 is 0 Å². The molecule has 0 heterocycles. The molecule has 1 aromatic rings. The minimum atomic E-state index is 0.367. The third kappa shape index (κ3) is 1.62. The first-order valence-electron chi connectivity index (χ1n) is 6.00. The maximum atomic E-state index is 9.82. The van der Waals surface area contributed by atoms with Gasteiger partial charge in [0.1, 0.15) is 5.75 Å². The third-order valence-electron chi connectivity index (χ3n) is 3.99. The van der Waals surface area contributed by atoms with E-state index in [1.54, 1.807) is 0 Å². The summed E-state index contributed by atoms with van der Waals surface area (Å²) in [4.78, 5) is 4.55. The highest BCUT2D eigenvalue weighted by Crippen LogP contribution is 2.61. The molecule has 0 radical (unpaired) electrons. The molecular formula is C14H17NO. The molecule has 2 nitrogen and oxygen atoms in total. The van der Waals surface area contributed by atoms with E-state index in [1.165, 1.54) is 25.7 Å². The van der Waals surface area contributed by atoms with Crippen molar-refractivity contribution in [2.45, 2.75) is 38.6 Å². The Kier molecular flexibility index (Phi) is 2.06. The van der Waals surface area contributed by atoms with Crippen molar-refractivity contribution in [3.63, 3.8) is 0 Å². The van der Waals surface area contributed by atoms with E-state index in [0.717, 1.165) is 11.1 Å². The number of phenolic OH excluding ortho intramolecular Hbond substituents is 1. The Balaban J connectivity index is 1.69. The summed E-state index contributed by atoms with van der Waals surface area (Å²) in [5.74, 6) is 0.367. The average Bonchev–Trinajstić information content (AvgIpc) is 2.99. The number of aromatic hydroxyl groups is 1. The minimum absolute atomic E-state index is 0.367. The number of aryl methyl sites for hydroxylation is 1. The average molecular weight is 215 g/mol. The summed E-state index contributed by atoms with van der Waals surface area (Å²) in [5.41, 5.74) is 2.46. The molecule has 1 spiro atoms. The minimum Gasteiger partial charge on any atom is -0.507 e. The summed E-state index contributed by atoms with van der Waals surface area (Å²) >= 11 is 0. The number of hydrogen-bond donors (Lipinski definition) is 1. The van der Waals surface area contributed by atoms with Crippen LogP contribution >= 0.6 is 0 Å². The van der Waals surface area contributed by atoms with Crippen LogP contribution in [0, 0.1) is 12.3 Å². The second-order valence-corrected chi connectivity index (χ2v) is 5.35. The Hall–Kier alpha value is -1.31. The van der Waals surface area contributed by atoms with E-state index in [2.05, 4.69) is 4.99 Å². The van der Waals surface area contributed by atoms with Crippen LogP contribution in [0.15, 0.2) is 23.2 Å². The largest absolute Gasteiger partial charge is 0.507 e. The van der Waals surface area contributed by atoms with Crippen molar-refractivity contribution < 1.29 is 5.11 Å². The lowest BCUT2D eigenvalue weighted by Gasteiger charge is -2.32. The third-order valence-corrected chi connectivity index (χ3v) is 3.99. The first kappa shape index (κ1) is 9.88. The van der Waals surface area contributed by atoms with E-state index in [9.17, 15) is 5.11 Å². The number of phenols is 1. The lowest BCUT2D eigenvalue weighted by molar-refractivity contribution is 0.242. The van der Waals surface area contributed by atoms with Gasteiger partial charge in [0.05, 0.1) is 6.04 Å². The van der Waals surface area contributed by atoms with Gasteiger partial charge in [-0.05, 0) is 49.7 Å². The van der Waals surface area contributed by atoms with Crippen molar-refractivity contribution >= 4 is 6.21 Å². The number of rotatable bonds is 2. The van der Waals surface area contributed by atoms with Gasteiger partial charge in [-0.15, -0.1) is 0 Å². The number of aliphatic imine (C=N–C) groups is 1. The fourth-order valence-corrected chi connectivity index (χ4v) is 2.60. The molecule has 0 aromatic heterocycles. The van der Waals surface area contributed by atoms with E-state index in [4.69, 9.17) is 0 Å². The molecule has 0 unspecified atom stereocenters. The molecule has 16 heavy (non-hydrogen) atoms. The van der Waals surface area contributed by atoms with Crippen LogP contribution in [-0.2, 0) is 0 Å². The first-order valence-corrected chi connectivity index (χ1v) is 6.00. The van der Waals surface area contributed by atoms with Gasteiger partial charge in [0.15, 0.2) is 0 Å². The van der Waals surface area contributed by atoms with Crippen molar-refractivity contribution in [3.8, 4) is 5.75 Å². The predicted molar refractivity (Wildman–Crippen MR) is 65.1 cm³/mol. The summed E-state index contributed by atoms with van der Waals surface area (Å²) in [7, 11) is 0. The van der Waals surface area contributed by atoms with Crippen LogP contribution in [0.3, 0.4) is 0 Å². The standard InChI is InChI=1S/C14H17NO/c1-10-3-2-4-11(13(10)16)9-15-12-7-14(8-12)5-6-14/h2-4,9,12,16H,5-8H2,1H3. The highest BCUT2D eigenvalue weighted by molar-refractivity contribution is 5.84. The van der Waals surface area contributed by atoms with E-state index in [-0.39, 0.29) is 0 Å². The van der Waals surface area contributed by atoms with Crippen molar-refractivity contribution in [1.82, 2.24) is 0 Å². The Morgan fingerprint density at radius 2 is 2.12 bits per heavy atom. The van der Waals surface area contributed by atoms with Crippen molar-refractivity contribution in [1.29, 1.82) is 0 Å². The summed E-state index contributed by atoms with van der Waals surface area (Å²) in [6.45, 7) is 1.91. The second-order valence-electron chi connectivity index (χ2n) is 5.35. The molecule has 1 aromatic carbocycles. The Labute approximate surface area is 96.0 Å². The van der Waals surface area contributed by atoms with Gasteiger partial charge in [0, 0.05) is 11.8 Å². The number of benzene rings is 1. The van der Waals surface area contributed by atoms with E-state index in [1.807, 2.05) is 31.3 Å². The van der Waals surface area contributed by atoms with E-state index < -0.39 is 0 Å². The van der Waals surface area contributed by atoms with Crippen molar-refractivity contribution in [2.75, 3.05) is 0 Å². The van der Waals surface area contributed by atoms with Crippen LogP contribution in [0.4, 0.5) is 0 Å². The van der Waals surface area contributed by atoms with Crippen LogP contribution in [0.5, 0.6) is 5.75 Å². The summed E-state index contributed by atoms with van der Waals surface area (Å²) in [6, 6.07) is 6.29. The molecule has 1 N–H and O–H groups in total. The van der Waals surface area contributed by atoms with Gasteiger partial charge in [0.25, 0.3) is 0 Å². The number of hydrogen-bond acceptors (Lipinski definition) is 2. The SMILES string of the molecule is Cc1cccc(C=NC2CC3(CC3)C2)c1O. The lowest BCUT2D eigenvalue weighted by Crippen LogP contribution is -2.28. The molecule has 84 valence electrons. The maximum absolute atomic E-state index is 9.82. The summed E-state index contributed by atoms with van der Waals surface area (Å²) in [5, 5.41) is 9.82. The topological polar surface area (TPSA) is 32.6 Å². The highest BCUT2D eigenvalue weighted by atomic mass is 16.3. The predicted octanol–water partition coefficient (Wildman–Crippen LogP) is 3.06. The zero-order chi connectivity index (χ0) is 11.2. The molecule has 2 saturated carbocycles. The molecule has 2 heteroatoms. The van der Waals surface area contributed by atoms with Gasteiger partial charge in [-0.3, -0.25) is 4.99 Å². The molecule has 2 aliphatic carbocycles. The smallest absolute Gasteiger partial charge is 0.127 e. The van der Waals surface area contributed by atoms with Gasteiger partial charge in [0.2, 0.25) is 0 Å². The van der Waals surface area contributed by atoms with Crippen LogP contribution in [0.2, 0.25) is 0 Å². The molecular weight excluding hydrogens is 198 g/mol. The normalized spacial score (nSPS) is 22.6. The van der Waals surface area contributed by atoms with E-state index in [0.29, 0.717) is 17.2 Å². The van der Waals surface area contributed by atoms with Crippen molar-refractivity contribution in [3.05, 3.63) is 29.3 Å². The van der Waals surface area contributed by atoms with Crippen LogP contribution in [-0.4, -0.2) is 17.4 Å². The van der Waals surface area contributed by atoms with Crippen LogP contribution < -0.4 is 0 Å². The monoisotopic (exact) mass is 215 g/mol. The molecule has 2 fully saturated rings. The Bertz CT molecular complexity index is 438. The van der Waals surface area contributed by atoms with Gasteiger partial charge in [-0.25, -0.2) is 0 Å². The highest BCUT2D eigenvalue weighted by Gasteiger charge is 2.52. The fraction of sp³-hybridized carbons (Fsp3) is 0.500. The molecule has 0 saturated heterocycles. The molecule has 0 atom stereocenters. The Morgan fingerprint density at radius 3 is 2.81 bits per heavy atom. The van der Waals surface area contributed by atoms with Gasteiger partial charge in [-0.2, -0.15) is 0 Å². The summed E-state index contributed by atoms with van der Waals surface area (Å²) in [6.07, 6.45) is 7.18. The number of para-hydroxylation sites is 1. The molecule has 0 aliphatic heterocycles. The molecule has 0 bridgehead atoms. The Morgan fingerprint density at radius 1 is 1.38 bits per heavy atom. The second kappa shape index (κ2) is 3.34. The molecule has 3 rings (SSSR count). The van der Waals surface area contributed by atoms with Gasteiger partial charge in [-0.1, -0.05) is 12.1 Å². The van der Waals surface area contributed by atoms with E-state index >= 15 is 0 Å². The molecule has 0 amide bonds. The fourth-order valence-electron chi connectivity index (χ4n) is 2.60. The lowest BCUT2D eigenvalue weighted by atomic mass is 9.77. The molecule has 2 aliphatic rings.